The summed E-state index contributed by atoms with van der Waals surface area (Å²) in [6.45, 7) is 5.82. The summed E-state index contributed by atoms with van der Waals surface area (Å²) in [4.78, 5) is 0. The first-order valence-corrected chi connectivity index (χ1v) is 3.72. The average molecular weight is 156 g/mol. The Morgan fingerprint density at radius 1 is 1.55 bits per heavy atom. The fourth-order valence-electron chi connectivity index (χ4n) is 0.784. The SMILES string of the molecule is CC#CC(O)(COC)C(C)C. The third-order valence-corrected chi connectivity index (χ3v) is 1.66. The van der Waals surface area contributed by atoms with Crippen LogP contribution in [0.2, 0.25) is 0 Å². The normalized spacial score (nSPS) is 15.5. The molecule has 0 aliphatic carbocycles. The van der Waals surface area contributed by atoms with Crippen LogP contribution in [-0.4, -0.2) is 24.4 Å². The van der Waals surface area contributed by atoms with Gasteiger partial charge in [0.2, 0.25) is 0 Å². The molecule has 0 aliphatic heterocycles. The summed E-state index contributed by atoms with van der Waals surface area (Å²) in [5.41, 5.74) is -0.983. The van der Waals surface area contributed by atoms with Gasteiger partial charge in [0.25, 0.3) is 0 Å². The molecule has 0 amide bonds. The van der Waals surface area contributed by atoms with Crippen LogP contribution < -0.4 is 0 Å². The highest BCUT2D eigenvalue weighted by atomic mass is 16.5. The van der Waals surface area contributed by atoms with Crippen LogP contribution in [0.3, 0.4) is 0 Å². The van der Waals surface area contributed by atoms with E-state index in [9.17, 15) is 5.11 Å². The number of methoxy groups -OCH3 is 1. The second-order valence-corrected chi connectivity index (χ2v) is 2.89. The van der Waals surface area contributed by atoms with Crippen LogP contribution in [0, 0.1) is 17.8 Å². The van der Waals surface area contributed by atoms with Gasteiger partial charge in [-0.25, -0.2) is 0 Å². The molecule has 11 heavy (non-hydrogen) atoms. The topological polar surface area (TPSA) is 29.5 Å². The molecule has 1 N–H and O–H groups in total. The zero-order valence-corrected chi connectivity index (χ0v) is 7.64. The van der Waals surface area contributed by atoms with Crippen molar-refractivity contribution in [2.24, 2.45) is 5.92 Å². The highest BCUT2D eigenvalue weighted by Crippen LogP contribution is 2.15. The molecular weight excluding hydrogens is 140 g/mol. The molecule has 64 valence electrons. The van der Waals surface area contributed by atoms with Crippen molar-refractivity contribution in [3.05, 3.63) is 0 Å². The zero-order chi connectivity index (χ0) is 8.91. The molecule has 0 heterocycles. The number of hydrogen-bond acceptors (Lipinski definition) is 2. The summed E-state index contributed by atoms with van der Waals surface area (Å²) in [6, 6.07) is 0. The average Bonchev–Trinajstić information content (AvgIpc) is 1.88. The number of ether oxygens (including phenoxy) is 1. The molecule has 0 rings (SSSR count). The van der Waals surface area contributed by atoms with E-state index in [2.05, 4.69) is 11.8 Å². The van der Waals surface area contributed by atoms with Gasteiger partial charge < -0.3 is 9.84 Å². The van der Waals surface area contributed by atoms with Gasteiger partial charge in [0.1, 0.15) is 0 Å². The first-order valence-electron chi connectivity index (χ1n) is 3.72. The first kappa shape index (κ1) is 10.5. The van der Waals surface area contributed by atoms with Crippen molar-refractivity contribution in [1.82, 2.24) is 0 Å². The van der Waals surface area contributed by atoms with Gasteiger partial charge >= 0.3 is 0 Å². The Morgan fingerprint density at radius 3 is 2.36 bits per heavy atom. The molecule has 0 fully saturated rings. The molecule has 1 unspecified atom stereocenters. The van der Waals surface area contributed by atoms with Crippen molar-refractivity contribution in [2.45, 2.75) is 26.4 Å². The largest absolute Gasteiger partial charge is 0.381 e. The number of aliphatic hydroxyl groups is 1. The molecule has 0 aromatic carbocycles. The second-order valence-electron chi connectivity index (χ2n) is 2.89. The highest BCUT2D eigenvalue weighted by molar-refractivity contribution is 5.13. The summed E-state index contributed by atoms with van der Waals surface area (Å²) >= 11 is 0. The molecule has 0 bridgehead atoms. The van der Waals surface area contributed by atoms with E-state index in [0.29, 0.717) is 0 Å². The molecule has 0 spiro atoms. The van der Waals surface area contributed by atoms with Gasteiger partial charge in [-0.05, 0) is 12.8 Å². The maximum absolute atomic E-state index is 9.79. The third kappa shape index (κ3) is 2.92. The molecule has 0 saturated heterocycles. The fourth-order valence-corrected chi connectivity index (χ4v) is 0.784. The smallest absolute Gasteiger partial charge is 0.150 e. The Kier molecular flexibility index (Phi) is 4.17. The van der Waals surface area contributed by atoms with Crippen LogP contribution in [-0.2, 0) is 4.74 Å². The number of hydrogen-bond donors (Lipinski definition) is 1. The van der Waals surface area contributed by atoms with Crippen molar-refractivity contribution < 1.29 is 9.84 Å². The van der Waals surface area contributed by atoms with E-state index in [1.54, 1.807) is 14.0 Å². The molecule has 1 atom stereocenters. The van der Waals surface area contributed by atoms with Crippen LogP contribution in [0.1, 0.15) is 20.8 Å². The fraction of sp³-hybridized carbons (Fsp3) is 0.778. The van der Waals surface area contributed by atoms with E-state index in [1.807, 2.05) is 13.8 Å². The molecule has 0 aromatic rings. The summed E-state index contributed by atoms with van der Waals surface area (Å²) in [5.74, 6) is 5.53. The maximum Gasteiger partial charge on any atom is 0.150 e. The van der Waals surface area contributed by atoms with Crippen molar-refractivity contribution in [3.63, 3.8) is 0 Å². The van der Waals surface area contributed by atoms with Crippen LogP contribution in [0.5, 0.6) is 0 Å². The van der Waals surface area contributed by atoms with E-state index in [-0.39, 0.29) is 12.5 Å². The lowest BCUT2D eigenvalue weighted by Gasteiger charge is -2.25. The minimum atomic E-state index is -0.983. The Labute approximate surface area is 68.6 Å². The van der Waals surface area contributed by atoms with E-state index in [4.69, 9.17) is 4.74 Å². The summed E-state index contributed by atoms with van der Waals surface area (Å²) in [7, 11) is 1.56. The monoisotopic (exact) mass is 156 g/mol. The lowest BCUT2D eigenvalue weighted by Crippen LogP contribution is -2.38. The Bertz CT molecular complexity index is 164. The minimum Gasteiger partial charge on any atom is -0.381 e. The third-order valence-electron chi connectivity index (χ3n) is 1.66. The van der Waals surface area contributed by atoms with Crippen molar-refractivity contribution in [1.29, 1.82) is 0 Å². The van der Waals surface area contributed by atoms with E-state index in [1.165, 1.54) is 0 Å². The molecule has 2 heteroatoms. The van der Waals surface area contributed by atoms with Crippen molar-refractivity contribution in [3.8, 4) is 11.8 Å². The van der Waals surface area contributed by atoms with Crippen molar-refractivity contribution in [2.75, 3.05) is 13.7 Å². The second kappa shape index (κ2) is 4.38. The zero-order valence-electron chi connectivity index (χ0n) is 7.64. The lowest BCUT2D eigenvalue weighted by atomic mass is 9.92. The molecular formula is C9H16O2. The highest BCUT2D eigenvalue weighted by Gasteiger charge is 2.28. The van der Waals surface area contributed by atoms with Crippen molar-refractivity contribution >= 4 is 0 Å². The molecule has 0 radical (unpaired) electrons. The number of rotatable bonds is 3. The van der Waals surface area contributed by atoms with Crippen LogP contribution in [0.25, 0.3) is 0 Å². The van der Waals surface area contributed by atoms with Crippen LogP contribution >= 0.6 is 0 Å². The van der Waals surface area contributed by atoms with Crippen LogP contribution in [0.15, 0.2) is 0 Å². The molecule has 2 nitrogen and oxygen atoms in total. The Hall–Kier alpha value is -0.520. The van der Waals surface area contributed by atoms with E-state index in [0.717, 1.165) is 0 Å². The predicted octanol–water partition coefficient (Wildman–Crippen LogP) is 1.04. The van der Waals surface area contributed by atoms with E-state index < -0.39 is 5.60 Å². The predicted molar refractivity (Wildman–Crippen MR) is 45.1 cm³/mol. The standard InChI is InChI=1S/C9H16O2/c1-5-6-9(10,7-11-4)8(2)3/h8,10H,7H2,1-4H3. The van der Waals surface area contributed by atoms with Gasteiger partial charge in [-0.2, -0.15) is 0 Å². The van der Waals surface area contributed by atoms with Gasteiger partial charge in [-0.3, -0.25) is 0 Å². The van der Waals surface area contributed by atoms with Gasteiger partial charge in [0, 0.05) is 7.11 Å². The first-order chi connectivity index (χ1) is 5.06. The van der Waals surface area contributed by atoms with Crippen LogP contribution in [0.4, 0.5) is 0 Å². The quantitative estimate of drug-likeness (QED) is 0.619. The Morgan fingerprint density at radius 2 is 2.09 bits per heavy atom. The molecule has 0 saturated carbocycles. The summed E-state index contributed by atoms with van der Waals surface area (Å²) < 4.78 is 4.87. The lowest BCUT2D eigenvalue weighted by molar-refractivity contribution is -0.0187. The van der Waals surface area contributed by atoms with Gasteiger partial charge in [-0.15, -0.1) is 5.92 Å². The maximum atomic E-state index is 9.79. The Balaban J connectivity index is 4.34. The minimum absolute atomic E-state index is 0.0925. The van der Waals surface area contributed by atoms with Gasteiger partial charge in [0.05, 0.1) is 6.61 Å². The molecule has 0 aromatic heterocycles. The molecule has 0 aliphatic rings. The summed E-state index contributed by atoms with van der Waals surface area (Å²) in [6.07, 6.45) is 0. The summed E-state index contributed by atoms with van der Waals surface area (Å²) in [5, 5.41) is 9.79. The van der Waals surface area contributed by atoms with Gasteiger partial charge in [-0.1, -0.05) is 19.8 Å². The van der Waals surface area contributed by atoms with E-state index >= 15 is 0 Å². The van der Waals surface area contributed by atoms with Gasteiger partial charge in [0.15, 0.2) is 5.60 Å².